The molecule has 0 aromatic rings. The molecule has 0 aromatic heterocycles. The Balaban J connectivity index is 3.69. The molecule has 22 heavy (non-hydrogen) atoms. The van der Waals surface area contributed by atoms with Crippen LogP contribution in [0, 0.1) is 5.92 Å². The lowest BCUT2D eigenvalue weighted by atomic mass is 10.0. The Hall–Kier alpha value is -0.100. The van der Waals surface area contributed by atoms with E-state index in [0.717, 1.165) is 25.7 Å². The predicted octanol–water partition coefficient (Wildman–Crippen LogP) is 4.62. The molecule has 6 heteroatoms. The fourth-order valence-electron chi connectivity index (χ4n) is 1.91. The molecule has 0 saturated heterocycles. The van der Waals surface area contributed by atoms with Crippen LogP contribution in [0.2, 0.25) is 0 Å². The first-order valence-corrected chi connectivity index (χ1v) is 9.77. The zero-order valence-electron chi connectivity index (χ0n) is 13.8. The molecular weight excluding hydrogens is 416 g/mol. The van der Waals surface area contributed by atoms with Gasteiger partial charge < -0.3 is 9.47 Å². The number of ether oxygens (including phenoxy) is 2. The van der Waals surface area contributed by atoms with Crippen molar-refractivity contribution in [3.8, 4) is 0 Å². The molecule has 0 amide bonds. The third kappa shape index (κ3) is 13.6. The zero-order chi connectivity index (χ0) is 17.0. The molecular formula is C16H28Br2O4. The number of rotatable bonds is 12. The van der Waals surface area contributed by atoms with Gasteiger partial charge in [0.25, 0.3) is 0 Å². The molecule has 0 N–H and O–H groups in total. The number of hydrogen-bond acceptors (Lipinski definition) is 4. The van der Waals surface area contributed by atoms with Gasteiger partial charge in [0.05, 0.1) is 26.1 Å². The summed E-state index contributed by atoms with van der Waals surface area (Å²) < 4.78 is 10.4. The summed E-state index contributed by atoms with van der Waals surface area (Å²) in [5.74, 6) is 0.0720. The molecule has 0 heterocycles. The van der Waals surface area contributed by atoms with E-state index in [2.05, 4.69) is 38.8 Å². The lowest BCUT2D eigenvalue weighted by Gasteiger charge is -2.15. The number of halogens is 2. The standard InChI is InChI=1S/C16H28Br2O4/c1-4-14(11-22-16(20)10-13(3)18)7-5-6-8-21-15(19)9-12(2)17/h12-14H,4-11H2,1-3H3. The van der Waals surface area contributed by atoms with Crippen LogP contribution in [0.5, 0.6) is 0 Å². The minimum absolute atomic E-state index is 0.150. The van der Waals surface area contributed by atoms with Crippen molar-refractivity contribution in [3.63, 3.8) is 0 Å². The maximum Gasteiger partial charge on any atom is 0.306 e. The third-order valence-corrected chi connectivity index (χ3v) is 3.87. The molecule has 130 valence electrons. The van der Waals surface area contributed by atoms with E-state index in [9.17, 15) is 9.59 Å². The van der Waals surface area contributed by atoms with Gasteiger partial charge >= 0.3 is 11.9 Å². The average molecular weight is 444 g/mol. The molecule has 0 aliphatic rings. The monoisotopic (exact) mass is 442 g/mol. The van der Waals surface area contributed by atoms with Gasteiger partial charge in [-0.15, -0.1) is 0 Å². The maximum atomic E-state index is 11.5. The average Bonchev–Trinajstić information content (AvgIpc) is 2.40. The Kier molecular flexibility index (Phi) is 13.3. The highest BCUT2D eigenvalue weighted by Gasteiger charge is 2.12. The molecule has 0 bridgehead atoms. The topological polar surface area (TPSA) is 52.6 Å². The molecule has 0 rings (SSSR count). The SMILES string of the molecule is CCC(CCCCOC(=O)CC(C)Br)COC(=O)CC(C)Br. The largest absolute Gasteiger partial charge is 0.466 e. The first-order valence-electron chi connectivity index (χ1n) is 7.94. The number of unbranched alkanes of at least 4 members (excludes halogenated alkanes) is 1. The fourth-order valence-corrected chi connectivity index (χ4v) is 2.44. The number of esters is 2. The van der Waals surface area contributed by atoms with Crippen molar-refractivity contribution < 1.29 is 19.1 Å². The number of carbonyl (C=O) groups is 2. The van der Waals surface area contributed by atoms with Gasteiger partial charge in [0.1, 0.15) is 0 Å². The van der Waals surface area contributed by atoms with Gasteiger partial charge in [0.15, 0.2) is 0 Å². The van der Waals surface area contributed by atoms with Crippen molar-refractivity contribution in [3.05, 3.63) is 0 Å². The number of hydrogen-bond donors (Lipinski definition) is 0. The van der Waals surface area contributed by atoms with Crippen LogP contribution in [-0.2, 0) is 19.1 Å². The Morgan fingerprint density at radius 1 is 0.955 bits per heavy atom. The van der Waals surface area contributed by atoms with Crippen LogP contribution < -0.4 is 0 Å². The van der Waals surface area contributed by atoms with Crippen LogP contribution >= 0.6 is 31.9 Å². The van der Waals surface area contributed by atoms with Crippen LogP contribution in [0.4, 0.5) is 0 Å². The minimum atomic E-state index is -0.158. The van der Waals surface area contributed by atoms with Crippen LogP contribution in [0.1, 0.15) is 59.3 Å². The Bertz CT molecular complexity index is 319. The highest BCUT2D eigenvalue weighted by molar-refractivity contribution is 9.09. The predicted molar refractivity (Wildman–Crippen MR) is 95.6 cm³/mol. The lowest BCUT2D eigenvalue weighted by Crippen LogP contribution is -2.16. The summed E-state index contributed by atoms with van der Waals surface area (Å²) in [6.45, 7) is 6.90. The smallest absolute Gasteiger partial charge is 0.306 e. The van der Waals surface area contributed by atoms with Gasteiger partial charge in [-0.2, -0.15) is 0 Å². The van der Waals surface area contributed by atoms with Gasteiger partial charge in [-0.05, 0) is 25.2 Å². The van der Waals surface area contributed by atoms with Crippen LogP contribution in [0.15, 0.2) is 0 Å². The summed E-state index contributed by atoms with van der Waals surface area (Å²) in [5.41, 5.74) is 0. The minimum Gasteiger partial charge on any atom is -0.466 e. The van der Waals surface area contributed by atoms with E-state index in [1.165, 1.54) is 0 Å². The quantitative estimate of drug-likeness (QED) is 0.251. The van der Waals surface area contributed by atoms with Gasteiger partial charge in [-0.3, -0.25) is 9.59 Å². The summed E-state index contributed by atoms with van der Waals surface area (Å²) in [6.07, 6.45) is 4.60. The number of alkyl halides is 2. The molecule has 0 saturated carbocycles. The van der Waals surface area contributed by atoms with E-state index < -0.39 is 0 Å². The van der Waals surface area contributed by atoms with Crippen LogP contribution in [0.25, 0.3) is 0 Å². The van der Waals surface area contributed by atoms with E-state index in [1.807, 2.05) is 13.8 Å². The summed E-state index contributed by atoms with van der Waals surface area (Å²) >= 11 is 6.66. The van der Waals surface area contributed by atoms with Gasteiger partial charge in [-0.1, -0.05) is 59.1 Å². The van der Waals surface area contributed by atoms with Gasteiger partial charge in [0, 0.05) is 9.65 Å². The second kappa shape index (κ2) is 13.3. The zero-order valence-corrected chi connectivity index (χ0v) is 16.9. The van der Waals surface area contributed by atoms with Crippen molar-refractivity contribution >= 4 is 43.8 Å². The summed E-state index contributed by atoms with van der Waals surface area (Å²) in [5, 5.41) is 0. The molecule has 0 aliphatic heterocycles. The van der Waals surface area contributed by atoms with Crippen molar-refractivity contribution in [2.24, 2.45) is 5.92 Å². The van der Waals surface area contributed by atoms with Gasteiger partial charge in [-0.25, -0.2) is 0 Å². The van der Waals surface area contributed by atoms with Crippen LogP contribution in [0.3, 0.4) is 0 Å². The van der Waals surface area contributed by atoms with E-state index in [0.29, 0.717) is 32.0 Å². The normalized spacial score (nSPS) is 15.0. The maximum absolute atomic E-state index is 11.5. The molecule has 0 aromatic carbocycles. The van der Waals surface area contributed by atoms with E-state index >= 15 is 0 Å². The second-order valence-corrected chi connectivity index (χ2v) is 8.77. The molecule has 3 atom stereocenters. The summed E-state index contributed by atoms with van der Waals surface area (Å²) in [6, 6.07) is 0. The molecule has 0 aliphatic carbocycles. The van der Waals surface area contributed by atoms with Crippen molar-refractivity contribution in [2.75, 3.05) is 13.2 Å². The second-order valence-electron chi connectivity index (χ2n) is 5.64. The highest BCUT2D eigenvalue weighted by atomic mass is 79.9. The molecule has 0 fully saturated rings. The molecule has 4 nitrogen and oxygen atoms in total. The van der Waals surface area contributed by atoms with Crippen molar-refractivity contribution in [1.29, 1.82) is 0 Å². The van der Waals surface area contributed by atoms with E-state index in [-0.39, 0.29) is 21.6 Å². The molecule has 3 unspecified atom stereocenters. The van der Waals surface area contributed by atoms with E-state index in [4.69, 9.17) is 9.47 Å². The van der Waals surface area contributed by atoms with Gasteiger partial charge in [0.2, 0.25) is 0 Å². The summed E-state index contributed by atoms with van der Waals surface area (Å²) in [7, 11) is 0. The number of carbonyl (C=O) groups excluding carboxylic acids is 2. The Morgan fingerprint density at radius 3 is 2.00 bits per heavy atom. The first-order chi connectivity index (χ1) is 10.3. The highest BCUT2D eigenvalue weighted by Crippen LogP contribution is 2.14. The third-order valence-electron chi connectivity index (χ3n) is 3.22. The Morgan fingerprint density at radius 2 is 1.50 bits per heavy atom. The lowest BCUT2D eigenvalue weighted by molar-refractivity contribution is -0.145. The first kappa shape index (κ1) is 21.9. The molecule has 0 spiro atoms. The molecule has 0 radical (unpaired) electrons. The summed E-state index contributed by atoms with van der Waals surface area (Å²) in [4.78, 5) is 23.2. The van der Waals surface area contributed by atoms with Crippen molar-refractivity contribution in [2.45, 2.75) is 69.0 Å². The Labute approximate surface area is 150 Å². The van der Waals surface area contributed by atoms with E-state index in [1.54, 1.807) is 0 Å². The van der Waals surface area contributed by atoms with Crippen LogP contribution in [-0.4, -0.2) is 34.8 Å². The van der Waals surface area contributed by atoms with Crippen molar-refractivity contribution in [1.82, 2.24) is 0 Å². The fraction of sp³-hybridized carbons (Fsp3) is 0.875.